The lowest BCUT2D eigenvalue weighted by Crippen LogP contribution is -2.26. The van der Waals surface area contributed by atoms with Crippen molar-refractivity contribution in [3.8, 4) is 11.5 Å². The summed E-state index contributed by atoms with van der Waals surface area (Å²) in [5.74, 6) is 2.61. The number of benzene rings is 1. The van der Waals surface area contributed by atoms with Crippen LogP contribution in [0.4, 0.5) is 5.95 Å². The lowest BCUT2D eigenvalue weighted by atomic mass is 10.2. The molecule has 1 amide bonds. The summed E-state index contributed by atoms with van der Waals surface area (Å²) in [6, 6.07) is 13.1. The number of aromatic nitrogens is 4. The van der Waals surface area contributed by atoms with Gasteiger partial charge in [0.15, 0.2) is 5.69 Å². The number of methoxy groups -OCH3 is 2. The van der Waals surface area contributed by atoms with Crippen LogP contribution < -0.4 is 19.7 Å². The Hall–Kier alpha value is -4.14. The van der Waals surface area contributed by atoms with Gasteiger partial charge in [-0.05, 0) is 49.2 Å². The number of nitrogens with one attached hydrogen (secondary N) is 1. The Morgan fingerprint density at radius 2 is 1.97 bits per heavy atom. The molecule has 1 saturated heterocycles. The number of pyridine rings is 1. The molecule has 0 unspecified atom stereocenters. The number of amides is 1. The highest BCUT2D eigenvalue weighted by atomic mass is 16.5. The Balaban J connectivity index is 1.45. The van der Waals surface area contributed by atoms with E-state index in [4.69, 9.17) is 14.5 Å². The van der Waals surface area contributed by atoms with Crippen molar-refractivity contribution in [1.82, 2.24) is 24.7 Å². The average Bonchev–Trinajstić information content (AvgIpc) is 3.52. The van der Waals surface area contributed by atoms with Crippen molar-refractivity contribution < 1.29 is 14.3 Å². The standard InChI is InChI=1S/C25H26N6O3/c1-33-18-9-10-21(34-2)17(15-18)16-28-24(32)22-19-7-3-4-13-30(19)23(29-22)20-8-5-14-31(20)25-26-11-6-12-27-25/h3-4,6-7,9-13,15,20H,5,8,14,16H2,1-2H3,(H,28,32)/t20-/m0/s1. The van der Waals surface area contributed by atoms with Crippen LogP contribution >= 0.6 is 0 Å². The number of fused-ring (bicyclic) bond motifs is 1. The molecule has 0 spiro atoms. The summed E-state index contributed by atoms with van der Waals surface area (Å²) >= 11 is 0. The fourth-order valence-electron chi connectivity index (χ4n) is 4.46. The monoisotopic (exact) mass is 458 g/mol. The number of anilines is 1. The molecule has 4 heterocycles. The van der Waals surface area contributed by atoms with Gasteiger partial charge in [0.25, 0.3) is 5.91 Å². The predicted molar refractivity (Wildman–Crippen MR) is 127 cm³/mol. The highest BCUT2D eigenvalue weighted by molar-refractivity contribution is 5.99. The van der Waals surface area contributed by atoms with Crippen molar-refractivity contribution in [2.75, 3.05) is 25.7 Å². The molecule has 1 aromatic carbocycles. The summed E-state index contributed by atoms with van der Waals surface area (Å²) < 4.78 is 12.7. The van der Waals surface area contributed by atoms with Crippen LogP contribution in [0.1, 0.15) is 40.8 Å². The zero-order valence-electron chi connectivity index (χ0n) is 19.1. The third-order valence-electron chi connectivity index (χ3n) is 6.08. The van der Waals surface area contributed by atoms with Crippen molar-refractivity contribution >= 4 is 17.4 Å². The third-order valence-corrected chi connectivity index (χ3v) is 6.08. The third kappa shape index (κ3) is 4.00. The first kappa shape index (κ1) is 21.7. The van der Waals surface area contributed by atoms with E-state index in [1.165, 1.54) is 0 Å². The molecule has 3 aromatic heterocycles. The van der Waals surface area contributed by atoms with Crippen molar-refractivity contribution in [3.05, 3.63) is 78.1 Å². The molecule has 1 aliphatic heterocycles. The van der Waals surface area contributed by atoms with E-state index in [0.717, 1.165) is 36.3 Å². The average molecular weight is 459 g/mol. The van der Waals surface area contributed by atoms with E-state index in [1.54, 1.807) is 32.7 Å². The maximum atomic E-state index is 13.3. The molecule has 0 bridgehead atoms. The molecule has 0 aliphatic carbocycles. The van der Waals surface area contributed by atoms with Gasteiger partial charge >= 0.3 is 0 Å². The number of ether oxygens (including phenoxy) is 2. The molecular weight excluding hydrogens is 432 g/mol. The maximum absolute atomic E-state index is 13.3. The minimum Gasteiger partial charge on any atom is -0.497 e. The summed E-state index contributed by atoms with van der Waals surface area (Å²) in [4.78, 5) is 29.1. The Morgan fingerprint density at radius 1 is 1.12 bits per heavy atom. The number of hydrogen-bond acceptors (Lipinski definition) is 7. The first-order valence-corrected chi connectivity index (χ1v) is 11.2. The van der Waals surface area contributed by atoms with Gasteiger partial charge in [-0.15, -0.1) is 0 Å². The molecule has 34 heavy (non-hydrogen) atoms. The Morgan fingerprint density at radius 3 is 2.76 bits per heavy atom. The maximum Gasteiger partial charge on any atom is 0.272 e. The normalized spacial score (nSPS) is 15.5. The van der Waals surface area contributed by atoms with E-state index in [1.807, 2.05) is 47.0 Å². The van der Waals surface area contributed by atoms with Crippen LogP contribution in [0.15, 0.2) is 61.1 Å². The molecule has 0 saturated carbocycles. The van der Waals surface area contributed by atoms with Crippen LogP contribution in [0.25, 0.3) is 5.52 Å². The smallest absolute Gasteiger partial charge is 0.272 e. The molecule has 1 atom stereocenters. The number of imidazole rings is 1. The van der Waals surface area contributed by atoms with Crippen LogP contribution in [-0.2, 0) is 6.54 Å². The zero-order chi connectivity index (χ0) is 23.5. The van der Waals surface area contributed by atoms with Gasteiger partial charge in [0.2, 0.25) is 5.95 Å². The van der Waals surface area contributed by atoms with Gasteiger partial charge in [-0.25, -0.2) is 15.0 Å². The van der Waals surface area contributed by atoms with Crippen LogP contribution in [0, 0.1) is 0 Å². The summed E-state index contributed by atoms with van der Waals surface area (Å²) in [6.07, 6.45) is 7.35. The van der Waals surface area contributed by atoms with E-state index in [0.29, 0.717) is 23.1 Å². The largest absolute Gasteiger partial charge is 0.497 e. The van der Waals surface area contributed by atoms with Crippen molar-refractivity contribution in [2.45, 2.75) is 25.4 Å². The first-order valence-electron chi connectivity index (χ1n) is 11.2. The summed E-state index contributed by atoms with van der Waals surface area (Å²) in [5, 5.41) is 2.99. The fourth-order valence-corrected chi connectivity index (χ4v) is 4.46. The molecule has 1 fully saturated rings. The van der Waals surface area contributed by atoms with E-state index >= 15 is 0 Å². The van der Waals surface area contributed by atoms with Gasteiger partial charge in [0.1, 0.15) is 17.3 Å². The highest BCUT2D eigenvalue weighted by Crippen LogP contribution is 2.34. The number of carbonyl (C=O) groups excluding carboxylic acids is 1. The van der Waals surface area contributed by atoms with Crippen molar-refractivity contribution in [1.29, 1.82) is 0 Å². The number of rotatable bonds is 7. The van der Waals surface area contributed by atoms with Crippen LogP contribution in [-0.4, -0.2) is 46.0 Å². The quantitative estimate of drug-likeness (QED) is 0.454. The van der Waals surface area contributed by atoms with Gasteiger partial charge in [-0.3, -0.25) is 4.79 Å². The second-order valence-electron chi connectivity index (χ2n) is 8.04. The Bertz CT molecular complexity index is 1310. The molecule has 4 aromatic rings. The summed E-state index contributed by atoms with van der Waals surface area (Å²) in [5.41, 5.74) is 1.97. The topological polar surface area (TPSA) is 93.9 Å². The highest BCUT2D eigenvalue weighted by Gasteiger charge is 2.32. The van der Waals surface area contributed by atoms with Gasteiger partial charge in [-0.2, -0.15) is 0 Å². The van der Waals surface area contributed by atoms with E-state index < -0.39 is 0 Å². The number of carbonyl (C=O) groups is 1. The SMILES string of the molecule is COc1ccc(OC)c(CNC(=O)c2nc([C@@H]3CCCN3c3ncccn3)n3ccccc23)c1. The molecule has 1 aliphatic rings. The molecule has 1 N–H and O–H groups in total. The van der Waals surface area contributed by atoms with E-state index in [9.17, 15) is 4.79 Å². The van der Waals surface area contributed by atoms with Gasteiger partial charge in [0.05, 0.1) is 25.8 Å². The Labute approximate surface area is 197 Å². The van der Waals surface area contributed by atoms with Crippen LogP contribution in [0.3, 0.4) is 0 Å². The fraction of sp³-hybridized carbons (Fsp3) is 0.280. The van der Waals surface area contributed by atoms with Gasteiger partial charge in [-0.1, -0.05) is 6.07 Å². The van der Waals surface area contributed by atoms with Gasteiger partial charge in [0, 0.05) is 37.2 Å². The lowest BCUT2D eigenvalue weighted by Gasteiger charge is -2.23. The minimum atomic E-state index is -0.250. The number of hydrogen-bond donors (Lipinski definition) is 1. The number of nitrogens with zero attached hydrogens (tertiary/aromatic N) is 5. The molecule has 0 radical (unpaired) electrons. The molecular formula is C25H26N6O3. The second-order valence-corrected chi connectivity index (χ2v) is 8.04. The zero-order valence-corrected chi connectivity index (χ0v) is 19.1. The second kappa shape index (κ2) is 9.38. The Kier molecular flexibility index (Phi) is 5.99. The lowest BCUT2D eigenvalue weighted by molar-refractivity contribution is 0.0947. The molecule has 174 valence electrons. The van der Waals surface area contributed by atoms with E-state index in [-0.39, 0.29) is 18.5 Å². The summed E-state index contributed by atoms with van der Waals surface area (Å²) in [7, 11) is 3.21. The van der Waals surface area contributed by atoms with Crippen LogP contribution in [0.2, 0.25) is 0 Å². The van der Waals surface area contributed by atoms with Crippen LogP contribution in [0.5, 0.6) is 11.5 Å². The minimum absolute atomic E-state index is 0.0164. The first-order chi connectivity index (χ1) is 16.7. The van der Waals surface area contributed by atoms with Gasteiger partial charge < -0.3 is 24.1 Å². The van der Waals surface area contributed by atoms with Crippen molar-refractivity contribution in [2.24, 2.45) is 0 Å². The predicted octanol–water partition coefficient (Wildman–Crippen LogP) is 3.41. The molecule has 5 rings (SSSR count). The summed E-state index contributed by atoms with van der Waals surface area (Å²) in [6.45, 7) is 1.13. The molecule has 9 nitrogen and oxygen atoms in total. The van der Waals surface area contributed by atoms with Crippen molar-refractivity contribution in [3.63, 3.8) is 0 Å². The molecule has 9 heteroatoms. The van der Waals surface area contributed by atoms with E-state index in [2.05, 4.69) is 20.2 Å².